The molecule has 0 bridgehead atoms. The van der Waals surface area contributed by atoms with Crippen molar-refractivity contribution in [1.29, 1.82) is 0 Å². The first-order valence-electron chi connectivity index (χ1n) is 11.4. The Morgan fingerprint density at radius 2 is 1.67 bits per heavy atom. The number of carbonyl (C=O) groups is 2. The minimum atomic E-state index is -0.401. The number of aliphatic hydroxyl groups is 1. The number of primary amides is 1. The zero-order valence-corrected chi connectivity index (χ0v) is 17.8. The second-order valence-electron chi connectivity index (χ2n) is 8.46. The number of amides is 2. The lowest BCUT2D eigenvalue weighted by Crippen LogP contribution is -2.34. The molecule has 0 saturated heterocycles. The van der Waals surface area contributed by atoms with Gasteiger partial charge in [0.25, 0.3) is 5.91 Å². The van der Waals surface area contributed by atoms with Crippen molar-refractivity contribution >= 4 is 22.7 Å². The molecule has 2 aromatic rings. The molecule has 4 N–H and O–H groups in total. The Balaban J connectivity index is 1.46. The Morgan fingerprint density at radius 1 is 1.00 bits per heavy atom. The molecule has 0 aliphatic heterocycles. The van der Waals surface area contributed by atoms with Crippen molar-refractivity contribution in [3.05, 3.63) is 36.0 Å². The predicted molar refractivity (Wildman–Crippen MR) is 119 cm³/mol. The number of hydrogen-bond acceptors (Lipinski definition) is 3. The molecular weight excluding hydrogens is 378 g/mol. The third-order valence-corrected chi connectivity index (χ3v) is 6.32. The zero-order valence-electron chi connectivity index (χ0n) is 17.8. The van der Waals surface area contributed by atoms with Crippen LogP contribution >= 0.6 is 0 Å². The lowest BCUT2D eigenvalue weighted by Gasteiger charge is -2.30. The molecule has 0 spiro atoms. The van der Waals surface area contributed by atoms with Crippen LogP contribution in [0.5, 0.6) is 0 Å². The van der Waals surface area contributed by atoms with Crippen LogP contribution in [0.3, 0.4) is 0 Å². The molecule has 1 saturated carbocycles. The zero-order chi connectivity index (χ0) is 21.3. The van der Waals surface area contributed by atoms with Crippen LogP contribution in [0.15, 0.2) is 30.3 Å². The van der Waals surface area contributed by atoms with Crippen LogP contribution in [-0.2, 0) is 4.79 Å². The summed E-state index contributed by atoms with van der Waals surface area (Å²) in [4.78, 5) is 24.5. The fourth-order valence-electron chi connectivity index (χ4n) is 4.65. The summed E-state index contributed by atoms with van der Waals surface area (Å²) in [6, 6.07) is 10.1. The highest BCUT2D eigenvalue weighted by Crippen LogP contribution is 2.36. The van der Waals surface area contributed by atoms with Gasteiger partial charge in [0.2, 0.25) is 5.91 Å². The molecule has 1 aliphatic carbocycles. The van der Waals surface area contributed by atoms with Crippen molar-refractivity contribution in [3.63, 3.8) is 0 Å². The smallest absolute Gasteiger partial charge is 0.265 e. The second kappa shape index (κ2) is 11.2. The van der Waals surface area contributed by atoms with Crippen molar-refractivity contribution < 1.29 is 14.7 Å². The Hall–Kier alpha value is -2.34. The minimum absolute atomic E-state index is 0.0599. The highest BCUT2D eigenvalue weighted by Gasteiger charge is 2.29. The van der Waals surface area contributed by atoms with Crippen molar-refractivity contribution in [2.24, 2.45) is 11.7 Å². The summed E-state index contributed by atoms with van der Waals surface area (Å²) >= 11 is 0. The fraction of sp³-hybridized carbons (Fsp3) is 0.583. The van der Waals surface area contributed by atoms with E-state index < -0.39 is 5.91 Å². The van der Waals surface area contributed by atoms with Crippen LogP contribution in [0.2, 0.25) is 0 Å². The van der Waals surface area contributed by atoms with Gasteiger partial charge in [0.05, 0.1) is 0 Å². The molecule has 0 atom stereocenters. The number of nitrogens with one attached hydrogen (secondary N) is 1. The normalized spacial score (nSPS) is 19.1. The number of rotatable bonds is 11. The van der Waals surface area contributed by atoms with Crippen LogP contribution in [-0.4, -0.2) is 34.6 Å². The van der Waals surface area contributed by atoms with E-state index in [2.05, 4.69) is 9.88 Å². The minimum Gasteiger partial charge on any atom is -0.396 e. The monoisotopic (exact) mass is 413 g/mol. The molecule has 6 nitrogen and oxygen atoms in total. The molecule has 164 valence electrons. The number of para-hydroxylation sites is 1. The molecule has 1 heterocycles. The van der Waals surface area contributed by atoms with Gasteiger partial charge in [0.15, 0.2) is 0 Å². The van der Waals surface area contributed by atoms with Gasteiger partial charge in [-0.05, 0) is 50.7 Å². The van der Waals surface area contributed by atoms with Gasteiger partial charge < -0.3 is 20.7 Å². The molecule has 1 aromatic carbocycles. The van der Waals surface area contributed by atoms with E-state index in [4.69, 9.17) is 10.8 Å². The van der Waals surface area contributed by atoms with Gasteiger partial charge in [0, 0.05) is 36.0 Å². The van der Waals surface area contributed by atoms with Gasteiger partial charge in [-0.2, -0.15) is 0 Å². The van der Waals surface area contributed by atoms with E-state index in [1.165, 1.54) is 0 Å². The van der Waals surface area contributed by atoms with Gasteiger partial charge in [-0.25, -0.2) is 0 Å². The van der Waals surface area contributed by atoms with Crippen LogP contribution in [0.1, 0.15) is 80.7 Å². The first kappa shape index (κ1) is 22.3. The largest absolute Gasteiger partial charge is 0.396 e. The maximum atomic E-state index is 12.5. The topological polar surface area (TPSA) is 97.4 Å². The van der Waals surface area contributed by atoms with E-state index in [9.17, 15) is 9.59 Å². The Morgan fingerprint density at radius 3 is 2.37 bits per heavy atom. The SMILES string of the molecule is NC(=O)c1cc2ccccc2n1C1CCC(C(=O)NCCCCCCCCO)CC1. The van der Waals surface area contributed by atoms with E-state index in [0.29, 0.717) is 5.69 Å². The molecule has 1 aliphatic rings. The Bertz CT molecular complexity index is 837. The van der Waals surface area contributed by atoms with Gasteiger partial charge in [0.1, 0.15) is 5.69 Å². The lowest BCUT2D eigenvalue weighted by molar-refractivity contribution is -0.126. The maximum Gasteiger partial charge on any atom is 0.265 e. The summed E-state index contributed by atoms with van der Waals surface area (Å²) < 4.78 is 2.09. The highest BCUT2D eigenvalue weighted by atomic mass is 16.3. The van der Waals surface area contributed by atoms with Gasteiger partial charge >= 0.3 is 0 Å². The Kier molecular flexibility index (Phi) is 8.31. The molecular formula is C24H35N3O3. The number of aliphatic hydroxyl groups excluding tert-OH is 1. The number of unbranched alkanes of at least 4 members (excludes halogenated alkanes) is 5. The molecule has 30 heavy (non-hydrogen) atoms. The molecule has 1 fully saturated rings. The standard InChI is InChI=1S/C24H35N3O3/c25-23(29)22-17-19-9-5-6-10-21(19)27(22)20-13-11-18(12-14-20)24(30)26-15-7-3-1-2-4-8-16-28/h5-6,9-10,17-18,20,28H,1-4,7-8,11-16H2,(H2,25,29)(H,26,30). The first-order valence-corrected chi connectivity index (χ1v) is 11.4. The van der Waals surface area contributed by atoms with E-state index in [0.717, 1.165) is 81.7 Å². The van der Waals surface area contributed by atoms with E-state index in [1.54, 1.807) is 0 Å². The van der Waals surface area contributed by atoms with Gasteiger partial charge in [-0.15, -0.1) is 0 Å². The Labute approximate surface area is 178 Å². The molecule has 2 amide bonds. The van der Waals surface area contributed by atoms with E-state index >= 15 is 0 Å². The molecule has 0 radical (unpaired) electrons. The van der Waals surface area contributed by atoms with Crippen LogP contribution in [0, 0.1) is 5.92 Å². The summed E-state index contributed by atoms with van der Waals surface area (Å²) in [6.07, 6.45) is 9.84. The summed E-state index contributed by atoms with van der Waals surface area (Å²) in [7, 11) is 0. The molecule has 1 aromatic heterocycles. The summed E-state index contributed by atoms with van der Waals surface area (Å²) in [6.45, 7) is 1.02. The van der Waals surface area contributed by atoms with Crippen LogP contribution in [0.25, 0.3) is 10.9 Å². The average Bonchev–Trinajstić information content (AvgIpc) is 3.15. The maximum absolute atomic E-state index is 12.5. The van der Waals surface area contributed by atoms with Crippen molar-refractivity contribution in [1.82, 2.24) is 9.88 Å². The molecule has 6 heteroatoms. The van der Waals surface area contributed by atoms with E-state index in [-0.39, 0.29) is 24.5 Å². The highest BCUT2D eigenvalue weighted by molar-refractivity contribution is 5.98. The predicted octanol–water partition coefficient (Wildman–Crippen LogP) is 3.92. The molecule has 0 unspecified atom stereocenters. The third-order valence-electron chi connectivity index (χ3n) is 6.32. The fourth-order valence-corrected chi connectivity index (χ4v) is 4.65. The van der Waals surface area contributed by atoms with Crippen molar-refractivity contribution in [2.45, 2.75) is 70.3 Å². The summed E-state index contributed by atoms with van der Waals surface area (Å²) in [5.41, 5.74) is 7.24. The van der Waals surface area contributed by atoms with Crippen LogP contribution < -0.4 is 11.1 Å². The van der Waals surface area contributed by atoms with Crippen molar-refractivity contribution in [2.75, 3.05) is 13.2 Å². The number of fused-ring (bicyclic) bond motifs is 1. The van der Waals surface area contributed by atoms with E-state index in [1.807, 2.05) is 30.3 Å². The van der Waals surface area contributed by atoms with Crippen LogP contribution in [0.4, 0.5) is 0 Å². The first-order chi connectivity index (χ1) is 14.6. The number of carbonyl (C=O) groups excluding carboxylic acids is 2. The number of benzene rings is 1. The lowest BCUT2D eigenvalue weighted by atomic mass is 9.85. The average molecular weight is 414 g/mol. The molecule has 3 rings (SSSR count). The second-order valence-corrected chi connectivity index (χ2v) is 8.46. The van der Waals surface area contributed by atoms with Gasteiger partial charge in [-0.3, -0.25) is 9.59 Å². The third kappa shape index (κ3) is 5.63. The number of hydrogen-bond donors (Lipinski definition) is 3. The quantitative estimate of drug-likeness (QED) is 0.487. The number of nitrogens with two attached hydrogens (primary N) is 1. The summed E-state index contributed by atoms with van der Waals surface area (Å²) in [5, 5.41) is 12.9. The van der Waals surface area contributed by atoms with Crippen molar-refractivity contribution in [3.8, 4) is 0 Å². The number of nitrogens with zero attached hydrogens (tertiary/aromatic N) is 1. The van der Waals surface area contributed by atoms with Gasteiger partial charge in [-0.1, -0.05) is 43.9 Å². The number of aromatic nitrogens is 1. The summed E-state index contributed by atoms with van der Waals surface area (Å²) in [5.74, 6) is -0.173.